The van der Waals surface area contributed by atoms with E-state index in [1.165, 1.54) is 11.8 Å². The van der Waals surface area contributed by atoms with Crippen molar-refractivity contribution in [3.05, 3.63) is 59.6 Å². The Bertz CT molecular complexity index is 868. The summed E-state index contributed by atoms with van der Waals surface area (Å²) in [7, 11) is 0. The van der Waals surface area contributed by atoms with Gasteiger partial charge in [-0.3, -0.25) is 14.4 Å². The predicted octanol–water partition coefficient (Wildman–Crippen LogP) is 3.85. The number of hydrogen-bond acceptors (Lipinski definition) is 5. The Morgan fingerprint density at radius 3 is 2.37 bits per heavy atom. The zero-order valence-corrected chi connectivity index (χ0v) is 18.0. The van der Waals surface area contributed by atoms with Crippen molar-refractivity contribution < 1.29 is 19.1 Å². The van der Waals surface area contributed by atoms with E-state index in [-0.39, 0.29) is 30.1 Å². The Morgan fingerprint density at radius 2 is 1.70 bits per heavy atom. The highest BCUT2D eigenvalue weighted by molar-refractivity contribution is 8.00. The molecule has 1 fully saturated rings. The Labute approximate surface area is 184 Å². The Morgan fingerprint density at radius 1 is 1.03 bits per heavy atom. The largest absolute Gasteiger partial charge is 0.455 e. The van der Waals surface area contributed by atoms with E-state index >= 15 is 0 Å². The van der Waals surface area contributed by atoms with Crippen LogP contribution in [0.1, 0.15) is 12.8 Å². The van der Waals surface area contributed by atoms with Crippen LogP contribution >= 0.6 is 23.4 Å². The quantitative estimate of drug-likeness (QED) is 0.516. The van der Waals surface area contributed by atoms with Crippen molar-refractivity contribution in [1.29, 1.82) is 0 Å². The summed E-state index contributed by atoms with van der Waals surface area (Å²) in [4.78, 5) is 39.1. The van der Waals surface area contributed by atoms with E-state index in [1.807, 2.05) is 42.5 Å². The summed E-state index contributed by atoms with van der Waals surface area (Å²) < 4.78 is 5.10. The summed E-state index contributed by atoms with van der Waals surface area (Å²) in [6.45, 7) is 0.673. The predicted molar refractivity (Wildman–Crippen MR) is 118 cm³/mol. The molecule has 1 aliphatic heterocycles. The van der Waals surface area contributed by atoms with Gasteiger partial charge in [0.2, 0.25) is 5.91 Å². The second-order valence-electron chi connectivity index (χ2n) is 6.91. The summed E-state index contributed by atoms with van der Waals surface area (Å²) in [5, 5.41) is 3.54. The molecular weight excluding hydrogens is 424 g/mol. The number of halogens is 1. The fourth-order valence-corrected chi connectivity index (χ4v) is 3.93. The summed E-state index contributed by atoms with van der Waals surface area (Å²) in [5.41, 5.74) is 0.768. The topological polar surface area (TPSA) is 75.7 Å². The third-order valence-corrected chi connectivity index (χ3v) is 6.02. The lowest BCUT2D eigenvalue weighted by Crippen LogP contribution is -2.43. The number of carbonyl (C=O) groups is 3. The van der Waals surface area contributed by atoms with Crippen LogP contribution in [-0.4, -0.2) is 48.1 Å². The monoisotopic (exact) mass is 446 g/mol. The number of hydrogen-bond donors (Lipinski definition) is 1. The molecule has 0 radical (unpaired) electrons. The molecule has 30 heavy (non-hydrogen) atoms. The lowest BCUT2D eigenvalue weighted by molar-refractivity contribution is -0.150. The number of piperidine rings is 1. The molecule has 0 bridgehead atoms. The van der Waals surface area contributed by atoms with E-state index in [9.17, 15) is 14.4 Å². The first kappa shape index (κ1) is 22.2. The van der Waals surface area contributed by atoms with Crippen LogP contribution in [0.25, 0.3) is 0 Å². The first-order valence-electron chi connectivity index (χ1n) is 9.69. The second kappa shape index (κ2) is 11.0. The van der Waals surface area contributed by atoms with Gasteiger partial charge < -0.3 is 15.0 Å². The summed E-state index contributed by atoms with van der Waals surface area (Å²) in [6, 6.07) is 16.5. The molecule has 2 amide bonds. The highest BCUT2D eigenvalue weighted by Crippen LogP contribution is 2.21. The number of likely N-dealkylation sites (tertiary alicyclic amines) is 1. The van der Waals surface area contributed by atoms with E-state index in [2.05, 4.69) is 5.32 Å². The van der Waals surface area contributed by atoms with Crippen LogP contribution in [0.15, 0.2) is 59.5 Å². The van der Waals surface area contributed by atoms with Crippen molar-refractivity contribution in [2.45, 2.75) is 17.7 Å². The van der Waals surface area contributed by atoms with Gasteiger partial charge in [0.05, 0.1) is 5.75 Å². The van der Waals surface area contributed by atoms with Gasteiger partial charge in [-0.25, -0.2) is 0 Å². The van der Waals surface area contributed by atoms with Crippen LogP contribution in [0, 0.1) is 5.92 Å². The fraction of sp³-hybridized carbons (Fsp3) is 0.318. The molecular formula is C22H23ClN2O4S. The van der Waals surface area contributed by atoms with Gasteiger partial charge >= 0.3 is 5.97 Å². The van der Waals surface area contributed by atoms with Gasteiger partial charge in [0.1, 0.15) is 0 Å². The van der Waals surface area contributed by atoms with Gasteiger partial charge in [-0.1, -0.05) is 29.8 Å². The lowest BCUT2D eigenvalue weighted by atomic mass is 9.95. The normalized spacial score (nSPS) is 14.2. The number of carbonyl (C=O) groups excluding carboxylic acids is 3. The fourth-order valence-electron chi connectivity index (χ4n) is 3.11. The molecule has 0 spiro atoms. The molecule has 1 aliphatic rings. The van der Waals surface area contributed by atoms with Crippen molar-refractivity contribution in [3.63, 3.8) is 0 Å². The lowest BCUT2D eigenvalue weighted by Gasteiger charge is -2.31. The minimum absolute atomic E-state index is 0.0287. The van der Waals surface area contributed by atoms with E-state index in [4.69, 9.17) is 16.3 Å². The standard InChI is InChI=1S/C22H23ClN2O4S/c23-17-6-8-19(9-7-17)30-15-21(27)29-14-20(26)25-12-10-16(11-13-25)22(28)24-18-4-2-1-3-5-18/h1-9,16H,10-15H2,(H,24,28). The molecule has 0 atom stereocenters. The molecule has 158 valence electrons. The van der Waals surface area contributed by atoms with Gasteiger partial charge in [-0.05, 0) is 49.2 Å². The number of nitrogens with zero attached hydrogens (tertiary/aromatic N) is 1. The molecule has 1 heterocycles. The highest BCUT2D eigenvalue weighted by Gasteiger charge is 2.27. The molecule has 0 saturated carbocycles. The zero-order chi connectivity index (χ0) is 21.3. The average molecular weight is 447 g/mol. The van der Waals surface area contributed by atoms with Crippen LogP contribution in [0.2, 0.25) is 5.02 Å². The van der Waals surface area contributed by atoms with Crippen LogP contribution in [0.3, 0.4) is 0 Å². The third-order valence-electron chi connectivity index (χ3n) is 4.79. The molecule has 8 heteroatoms. The minimum atomic E-state index is -0.444. The molecule has 1 N–H and O–H groups in total. The zero-order valence-electron chi connectivity index (χ0n) is 16.4. The van der Waals surface area contributed by atoms with Crippen molar-refractivity contribution >= 4 is 46.8 Å². The van der Waals surface area contributed by atoms with Gasteiger partial charge in [-0.2, -0.15) is 0 Å². The molecule has 0 unspecified atom stereocenters. The number of esters is 1. The van der Waals surface area contributed by atoms with E-state index in [1.54, 1.807) is 17.0 Å². The third kappa shape index (κ3) is 6.78. The molecule has 2 aromatic carbocycles. The van der Waals surface area contributed by atoms with E-state index in [0.717, 1.165) is 10.6 Å². The number of para-hydroxylation sites is 1. The maximum absolute atomic E-state index is 12.4. The van der Waals surface area contributed by atoms with Crippen molar-refractivity contribution in [2.75, 3.05) is 30.8 Å². The Hall–Kier alpha value is -2.51. The number of nitrogens with one attached hydrogen (secondary N) is 1. The molecule has 3 rings (SSSR count). The molecule has 6 nitrogen and oxygen atoms in total. The van der Waals surface area contributed by atoms with Crippen LogP contribution < -0.4 is 5.32 Å². The number of rotatable bonds is 7. The molecule has 1 saturated heterocycles. The Kier molecular flexibility index (Phi) is 8.16. The van der Waals surface area contributed by atoms with Crippen molar-refractivity contribution in [1.82, 2.24) is 4.90 Å². The van der Waals surface area contributed by atoms with Gasteiger partial charge in [0.25, 0.3) is 5.91 Å². The smallest absolute Gasteiger partial charge is 0.316 e. The van der Waals surface area contributed by atoms with Gasteiger partial charge in [0, 0.05) is 34.6 Å². The summed E-state index contributed by atoms with van der Waals surface area (Å²) in [5.74, 6) is -0.717. The SMILES string of the molecule is O=C(CSc1ccc(Cl)cc1)OCC(=O)N1CCC(C(=O)Nc2ccccc2)CC1. The minimum Gasteiger partial charge on any atom is -0.455 e. The molecule has 0 aromatic heterocycles. The maximum atomic E-state index is 12.4. The van der Waals surface area contributed by atoms with Crippen molar-refractivity contribution in [3.8, 4) is 0 Å². The van der Waals surface area contributed by atoms with Gasteiger partial charge in [-0.15, -0.1) is 11.8 Å². The highest BCUT2D eigenvalue weighted by atomic mass is 35.5. The summed E-state index contributed by atoms with van der Waals surface area (Å²) >= 11 is 7.16. The first-order valence-corrected chi connectivity index (χ1v) is 11.1. The van der Waals surface area contributed by atoms with Crippen molar-refractivity contribution in [2.24, 2.45) is 5.92 Å². The number of anilines is 1. The van der Waals surface area contributed by atoms with Crippen LogP contribution in [0.5, 0.6) is 0 Å². The van der Waals surface area contributed by atoms with Crippen LogP contribution in [0.4, 0.5) is 5.69 Å². The maximum Gasteiger partial charge on any atom is 0.316 e. The van der Waals surface area contributed by atoms with E-state index < -0.39 is 5.97 Å². The van der Waals surface area contributed by atoms with E-state index in [0.29, 0.717) is 31.0 Å². The van der Waals surface area contributed by atoms with Crippen LogP contribution in [-0.2, 0) is 19.1 Å². The second-order valence-corrected chi connectivity index (χ2v) is 8.40. The number of ether oxygens (including phenoxy) is 1. The molecule has 2 aromatic rings. The average Bonchev–Trinajstić information content (AvgIpc) is 2.78. The number of amides is 2. The number of thioether (sulfide) groups is 1. The van der Waals surface area contributed by atoms with Gasteiger partial charge in [0.15, 0.2) is 6.61 Å². The summed E-state index contributed by atoms with van der Waals surface area (Å²) in [6.07, 6.45) is 1.18. The molecule has 0 aliphatic carbocycles. The first-order chi connectivity index (χ1) is 14.5. The Balaban J connectivity index is 1.35. The number of benzene rings is 2.